The number of halogens is 4. The van der Waals surface area contributed by atoms with Crippen LogP contribution in [0.4, 0.5) is 13.2 Å². The van der Waals surface area contributed by atoms with E-state index in [1.54, 1.807) is 67.6 Å². The molecule has 176 valence electrons. The smallest absolute Gasteiger partial charge is 0.432 e. The number of ketones is 1. The Morgan fingerprint density at radius 3 is 2.51 bits per heavy atom. The molecule has 0 spiro atoms. The van der Waals surface area contributed by atoms with Gasteiger partial charge in [0.15, 0.2) is 5.76 Å². The minimum absolute atomic E-state index is 0.108. The second-order valence-corrected chi connectivity index (χ2v) is 8.46. The largest absolute Gasteiger partial charge is 0.432 e. The molecule has 0 fully saturated rings. The van der Waals surface area contributed by atoms with Crippen LogP contribution >= 0.6 is 11.6 Å². The standard InChI is InChI=1S/C26H17ClF3N3O2/c1-15-5-10-20-18(12-15)22(23(34)25-32-13-21(35-25)19-4-2-3-11-31-19)24(26(28,29)30)33(20)14-16-6-8-17(27)9-7-16/h2-13H,14H2,1H3. The predicted octanol–water partition coefficient (Wildman–Crippen LogP) is 6.95. The number of benzene rings is 2. The third-order valence-electron chi connectivity index (χ3n) is 5.59. The number of oxazole rings is 1. The van der Waals surface area contributed by atoms with Crippen LogP contribution in [-0.2, 0) is 12.7 Å². The molecule has 0 N–H and O–H groups in total. The first-order valence-corrected chi connectivity index (χ1v) is 11.0. The molecule has 0 aliphatic carbocycles. The fraction of sp³-hybridized carbons (Fsp3) is 0.115. The quantitative estimate of drug-likeness (QED) is 0.247. The SMILES string of the molecule is Cc1ccc2c(c1)c(C(=O)c1ncc(-c3ccccn3)o1)c(C(F)(F)F)n2Cc1ccc(Cl)cc1. The number of pyridine rings is 1. The van der Waals surface area contributed by atoms with Crippen molar-refractivity contribution in [3.63, 3.8) is 0 Å². The topological polar surface area (TPSA) is 60.9 Å². The van der Waals surface area contributed by atoms with E-state index >= 15 is 0 Å². The van der Waals surface area contributed by atoms with E-state index in [0.29, 0.717) is 21.8 Å². The fourth-order valence-electron chi connectivity index (χ4n) is 4.04. The maximum Gasteiger partial charge on any atom is 0.432 e. The van der Waals surface area contributed by atoms with Crippen molar-refractivity contribution >= 4 is 28.3 Å². The maximum absolute atomic E-state index is 14.5. The first-order valence-electron chi connectivity index (χ1n) is 10.6. The van der Waals surface area contributed by atoms with Crippen LogP contribution in [0, 0.1) is 6.92 Å². The van der Waals surface area contributed by atoms with E-state index in [4.69, 9.17) is 16.0 Å². The number of rotatable bonds is 5. The van der Waals surface area contributed by atoms with Gasteiger partial charge in [-0.1, -0.05) is 41.4 Å². The molecule has 0 bridgehead atoms. The van der Waals surface area contributed by atoms with Gasteiger partial charge in [-0.15, -0.1) is 0 Å². The lowest BCUT2D eigenvalue weighted by Gasteiger charge is -2.14. The number of fused-ring (bicyclic) bond motifs is 1. The Kier molecular flexibility index (Phi) is 5.68. The minimum atomic E-state index is -4.82. The molecular formula is C26H17ClF3N3O2. The van der Waals surface area contributed by atoms with Gasteiger partial charge in [0, 0.05) is 28.7 Å². The van der Waals surface area contributed by atoms with Crippen LogP contribution in [-0.4, -0.2) is 20.3 Å². The summed E-state index contributed by atoms with van der Waals surface area (Å²) in [5.74, 6) is -1.21. The summed E-state index contributed by atoms with van der Waals surface area (Å²) in [4.78, 5) is 21.6. The number of carbonyl (C=O) groups is 1. The Hall–Kier alpha value is -3.91. The van der Waals surface area contributed by atoms with E-state index in [1.807, 2.05) is 0 Å². The molecule has 0 saturated carbocycles. The van der Waals surface area contributed by atoms with Crippen LogP contribution < -0.4 is 0 Å². The van der Waals surface area contributed by atoms with Crippen molar-refractivity contribution in [2.75, 3.05) is 0 Å². The number of alkyl halides is 3. The average Bonchev–Trinajstić information content (AvgIpc) is 3.44. The summed E-state index contributed by atoms with van der Waals surface area (Å²) in [6.45, 7) is 1.64. The van der Waals surface area contributed by atoms with E-state index in [1.165, 1.54) is 12.4 Å². The maximum atomic E-state index is 14.5. The molecule has 0 atom stereocenters. The lowest BCUT2D eigenvalue weighted by Crippen LogP contribution is -2.18. The zero-order valence-electron chi connectivity index (χ0n) is 18.3. The second kappa shape index (κ2) is 8.70. The molecular weight excluding hydrogens is 479 g/mol. The highest BCUT2D eigenvalue weighted by Crippen LogP contribution is 2.40. The number of carbonyl (C=O) groups excluding carboxylic acids is 1. The zero-order chi connectivity index (χ0) is 24.7. The monoisotopic (exact) mass is 495 g/mol. The Balaban J connectivity index is 1.70. The highest BCUT2D eigenvalue weighted by atomic mass is 35.5. The minimum Gasteiger partial charge on any atom is -0.432 e. The van der Waals surface area contributed by atoms with Crippen molar-refractivity contribution < 1.29 is 22.4 Å². The Morgan fingerprint density at radius 2 is 1.83 bits per heavy atom. The number of aromatic nitrogens is 3. The van der Waals surface area contributed by atoms with Crippen LogP contribution in [0.3, 0.4) is 0 Å². The van der Waals surface area contributed by atoms with Crippen molar-refractivity contribution in [3.05, 3.63) is 106 Å². The van der Waals surface area contributed by atoms with Crippen LogP contribution in [0.5, 0.6) is 0 Å². The number of hydrogen-bond donors (Lipinski definition) is 0. The molecule has 3 heterocycles. The summed E-state index contributed by atoms with van der Waals surface area (Å²) in [6.07, 6.45) is -2.00. The van der Waals surface area contributed by atoms with Gasteiger partial charge in [-0.05, 0) is 48.9 Å². The molecule has 5 nitrogen and oxygen atoms in total. The molecule has 2 aromatic carbocycles. The second-order valence-electron chi connectivity index (χ2n) is 8.03. The molecule has 0 amide bonds. The van der Waals surface area contributed by atoms with E-state index in [-0.39, 0.29) is 23.2 Å². The lowest BCUT2D eigenvalue weighted by molar-refractivity contribution is -0.143. The molecule has 5 rings (SSSR count). The van der Waals surface area contributed by atoms with E-state index in [9.17, 15) is 18.0 Å². The number of nitrogens with zero attached hydrogens (tertiary/aromatic N) is 3. The van der Waals surface area contributed by atoms with Crippen LogP contribution in [0.25, 0.3) is 22.4 Å². The number of hydrogen-bond acceptors (Lipinski definition) is 4. The Labute approximate surface area is 202 Å². The first kappa shape index (κ1) is 22.9. The summed E-state index contributed by atoms with van der Waals surface area (Å²) >= 11 is 5.94. The summed E-state index contributed by atoms with van der Waals surface area (Å²) in [7, 11) is 0. The first-order chi connectivity index (χ1) is 16.7. The predicted molar refractivity (Wildman–Crippen MR) is 125 cm³/mol. The molecule has 9 heteroatoms. The Bertz CT molecular complexity index is 1540. The van der Waals surface area contributed by atoms with Gasteiger partial charge in [0.2, 0.25) is 0 Å². The van der Waals surface area contributed by atoms with E-state index in [0.717, 1.165) is 4.57 Å². The van der Waals surface area contributed by atoms with Gasteiger partial charge in [0.05, 0.1) is 11.8 Å². The molecule has 0 aliphatic rings. The van der Waals surface area contributed by atoms with Crippen LogP contribution in [0.1, 0.15) is 33.1 Å². The normalized spacial score (nSPS) is 11.8. The van der Waals surface area contributed by atoms with Crippen molar-refractivity contribution in [1.29, 1.82) is 0 Å². The molecule has 3 aromatic heterocycles. The fourth-order valence-corrected chi connectivity index (χ4v) is 4.17. The van der Waals surface area contributed by atoms with Crippen molar-refractivity contribution in [3.8, 4) is 11.5 Å². The van der Waals surface area contributed by atoms with E-state index in [2.05, 4.69) is 9.97 Å². The third kappa shape index (κ3) is 4.33. The van der Waals surface area contributed by atoms with Crippen molar-refractivity contribution in [2.24, 2.45) is 0 Å². The molecule has 0 saturated heterocycles. The number of aryl methyl sites for hydroxylation is 1. The zero-order valence-corrected chi connectivity index (χ0v) is 19.1. The molecule has 0 radical (unpaired) electrons. The van der Waals surface area contributed by atoms with E-state index < -0.39 is 29.1 Å². The van der Waals surface area contributed by atoms with Gasteiger partial charge in [0.1, 0.15) is 11.4 Å². The summed E-state index contributed by atoms with van der Waals surface area (Å²) < 4.78 is 50.2. The lowest BCUT2D eigenvalue weighted by atomic mass is 10.0. The summed E-state index contributed by atoms with van der Waals surface area (Å²) in [5.41, 5.74) is 0.444. The highest BCUT2D eigenvalue weighted by Gasteiger charge is 2.42. The van der Waals surface area contributed by atoms with Crippen LogP contribution in [0.2, 0.25) is 5.02 Å². The Morgan fingerprint density at radius 1 is 1.06 bits per heavy atom. The van der Waals surface area contributed by atoms with Gasteiger partial charge in [-0.2, -0.15) is 13.2 Å². The molecule has 35 heavy (non-hydrogen) atoms. The molecule has 5 aromatic rings. The van der Waals surface area contributed by atoms with Gasteiger partial charge in [-0.3, -0.25) is 9.78 Å². The van der Waals surface area contributed by atoms with Crippen LogP contribution in [0.15, 0.2) is 77.5 Å². The summed E-state index contributed by atoms with van der Waals surface area (Å²) in [6, 6.07) is 16.5. The van der Waals surface area contributed by atoms with Gasteiger partial charge in [0.25, 0.3) is 11.7 Å². The highest BCUT2D eigenvalue weighted by molar-refractivity contribution is 6.30. The molecule has 0 unspecified atom stereocenters. The summed E-state index contributed by atoms with van der Waals surface area (Å²) in [5, 5.41) is 0.648. The van der Waals surface area contributed by atoms with Gasteiger partial charge < -0.3 is 8.98 Å². The van der Waals surface area contributed by atoms with Gasteiger partial charge >= 0.3 is 6.18 Å². The third-order valence-corrected chi connectivity index (χ3v) is 5.84. The van der Waals surface area contributed by atoms with Gasteiger partial charge in [-0.25, -0.2) is 4.98 Å². The molecule has 0 aliphatic heterocycles. The van der Waals surface area contributed by atoms with Crippen molar-refractivity contribution in [2.45, 2.75) is 19.6 Å². The average molecular weight is 496 g/mol. The van der Waals surface area contributed by atoms with Crippen molar-refractivity contribution in [1.82, 2.24) is 14.5 Å².